The SMILES string of the molecule is CCCCc1nc2ccccc2c(NC(=O)C[NH+]2CCOCC2)c1CCC. The number of nitrogens with one attached hydrogen (secondary N) is 2. The van der Waals surface area contributed by atoms with Crippen molar-refractivity contribution in [2.75, 3.05) is 38.2 Å². The van der Waals surface area contributed by atoms with E-state index in [0.29, 0.717) is 6.54 Å². The molecule has 2 aromatic rings. The molecule has 0 atom stereocenters. The molecule has 2 N–H and O–H groups in total. The highest BCUT2D eigenvalue weighted by atomic mass is 16.5. The molecule has 5 nitrogen and oxygen atoms in total. The Morgan fingerprint density at radius 2 is 1.93 bits per heavy atom. The fourth-order valence-corrected chi connectivity index (χ4v) is 3.76. The minimum absolute atomic E-state index is 0.0852. The van der Waals surface area contributed by atoms with E-state index in [1.807, 2.05) is 18.2 Å². The van der Waals surface area contributed by atoms with E-state index in [1.165, 1.54) is 10.5 Å². The quantitative estimate of drug-likeness (QED) is 0.750. The maximum absolute atomic E-state index is 12.8. The van der Waals surface area contributed by atoms with Gasteiger partial charge in [-0.1, -0.05) is 44.9 Å². The fraction of sp³-hybridized carbons (Fsp3) is 0.545. The van der Waals surface area contributed by atoms with Crippen LogP contribution in [0.5, 0.6) is 0 Å². The van der Waals surface area contributed by atoms with Gasteiger partial charge in [0.25, 0.3) is 5.91 Å². The molecule has 1 aromatic heterocycles. The Bertz CT molecular complexity index is 769. The van der Waals surface area contributed by atoms with E-state index in [1.54, 1.807) is 0 Å². The number of carbonyl (C=O) groups is 1. The maximum atomic E-state index is 12.8. The van der Waals surface area contributed by atoms with Crippen molar-refractivity contribution >= 4 is 22.5 Å². The third-order valence-corrected chi connectivity index (χ3v) is 5.22. The Hall–Kier alpha value is -1.98. The number of nitrogens with zero attached hydrogens (tertiary/aromatic N) is 1. The van der Waals surface area contributed by atoms with Crippen LogP contribution in [0, 0.1) is 0 Å². The number of pyridine rings is 1. The van der Waals surface area contributed by atoms with Crippen LogP contribution in [-0.2, 0) is 22.4 Å². The van der Waals surface area contributed by atoms with Gasteiger partial charge < -0.3 is 15.0 Å². The summed E-state index contributed by atoms with van der Waals surface area (Å²) in [6.07, 6.45) is 5.21. The molecule has 1 saturated heterocycles. The van der Waals surface area contributed by atoms with Crippen LogP contribution in [0.1, 0.15) is 44.4 Å². The topological polar surface area (TPSA) is 55.7 Å². The monoisotopic (exact) mass is 370 g/mol. The van der Waals surface area contributed by atoms with Crippen LogP contribution in [0.4, 0.5) is 5.69 Å². The molecule has 1 amide bonds. The van der Waals surface area contributed by atoms with Crippen LogP contribution in [0.15, 0.2) is 24.3 Å². The van der Waals surface area contributed by atoms with Crippen LogP contribution in [0.25, 0.3) is 10.9 Å². The van der Waals surface area contributed by atoms with Gasteiger partial charge >= 0.3 is 0 Å². The molecule has 0 aliphatic carbocycles. The average molecular weight is 371 g/mol. The number of fused-ring (bicyclic) bond motifs is 1. The van der Waals surface area contributed by atoms with Gasteiger partial charge in [0.05, 0.1) is 24.4 Å². The first kappa shape index (κ1) is 19.8. The van der Waals surface area contributed by atoms with Gasteiger partial charge in [-0.2, -0.15) is 0 Å². The van der Waals surface area contributed by atoms with Crippen molar-refractivity contribution < 1.29 is 14.4 Å². The van der Waals surface area contributed by atoms with E-state index in [9.17, 15) is 4.79 Å². The first-order chi connectivity index (χ1) is 13.2. The molecule has 0 bridgehead atoms. The molecule has 0 radical (unpaired) electrons. The lowest BCUT2D eigenvalue weighted by atomic mass is 9.98. The zero-order valence-electron chi connectivity index (χ0n) is 16.6. The third kappa shape index (κ3) is 5.05. The molecular weight excluding hydrogens is 338 g/mol. The standard InChI is InChI=1S/C22H31N3O2/c1-3-5-10-19-17(8-4-2)22(18-9-6-7-11-20(18)23-19)24-21(26)16-25-12-14-27-15-13-25/h6-7,9,11H,3-5,8,10,12-16H2,1-2H3,(H,23,24,26)/p+1. The summed E-state index contributed by atoms with van der Waals surface area (Å²) >= 11 is 0. The van der Waals surface area contributed by atoms with Crippen molar-refractivity contribution in [1.29, 1.82) is 0 Å². The smallest absolute Gasteiger partial charge is 0.279 e. The van der Waals surface area contributed by atoms with E-state index in [-0.39, 0.29) is 5.91 Å². The molecule has 1 fully saturated rings. The summed E-state index contributed by atoms with van der Waals surface area (Å²) in [5, 5.41) is 4.31. The van der Waals surface area contributed by atoms with Gasteiger partial charge in [0.2, 0.25) is 0 Å². The second-order valence-corrected chi connectivity index (χ2v) is 7.37. The predicted molar refractivity (Wildman–Crippen MR) is 109 cm³/mol. The van der Waals surface area contributed by atoms with Crippen molar-refractivity contribution in [2.24, 2.45) is 0 Å². The molecular formula is C22H32N3O2+. The van der Waals surface area contributed by atoms with Gasteiger partial charge in [0.1, 0.15) is 13.1 Å². The number of aryl methyl sites for hydroxylation is 1. The number of carbonyl (C=O) groups excluding carboxylic acids is 1. The number of amides is 1. The molecule has 1 aromatic carbocycles. The Morgan fingerprint density at radius 1 is 1.15 bits per heavy atom. The van der Waals surface area contributed by atoms with Gasteiger partial charge in [-0.25, -0.2) is 0 Å². The lowest BCUT2D eigenvalue weighted by molar-refractivity contribution is -0.899. The second kappa shape index (κ2) is 9.81. The maximum Gasteiger partial charge on any atom is 0.279 e. The number of hydrogen-bond acceptors (Lipinski definition) is 3. The summed E-state index contributed by atoms with van der Waals surface area (Å²) in [5.41, 5.74) is 4.31. The Labute approximate surface area is 162 Å². The van der Waals surface area contributed by atoms with Gasteiger partial charge in [-0.05, 0) is 30.9 Å². The van der Waals surface area contributed by atoms with Gasteiger partial charge in [0.15, 0.2) is 6.54 Å². The number of ether oxygens (including phenoxy) is 1. The van der Waals surface area contributed by atoms with Gasteiger partial charge in [-0.3, -0.25) is 9.78 Å². The molecule has 0 spiro atoms. The molecule has 3 rings (SSSR count). The number of aromatic nitrogens is 1. The number of unbranched alkanes of at least 4 members (excludes halogenated alkanes) is 1. The summed E-state index contributed by atoms with van der Waals surface area (Å²) in [5.74, 6) is 0.0852. The Balaban J connectivity index is 1.92. The first-order valence-corrected chi connectivity index (χ1v) is 10.3. The number of morpholine rings is 1. The molecule has 2 heterocycles. The number of hydrogen-bond donors (Lipinski definition) is 2. The molecule has 0 unspecified atom stereocenters. The van der Waals surface area contributed by atoms with Crippen LogP contribution in [0.2, 0.25) is 0 Å². The minimum atomic E-state index is 0.0852. The zero-order chi connectivity index (χ0) is 19.1. The van der Waals surface area contributed by atoms with Crippen molar-refractivity contribution in [3.63, 3.8) is 0 Å². The largest absolute Gasteiger partial charge is 0.370 e. The van der Waals surface area contributed by atoms with Crippen molar-refractivity contribution in [2.45, 2.75) is 46.0 Å². The van der Waals surface area contributed by atoms with E-state index in [4.69, 9.17) is 9.72 Å². The highest BCUT2D eigenvalue weighted by Crippen LogP contribution is 2.30. The van der Waals surface area contributed by atoms with Gasteiger partial charge in [-0.15, -0.1) is 0 Å². The van der Waals surface area contributed by atoms with Crippen molar-refractivity contribution in [1.82, 2.24) is 4.98 Å². The van der Waals surface area contributed by atoms with Crippen molar-refractivity contribution in [3.8, 4) is 0 Å². The number of anilines is 1. The fourth-order valence-electron chi connectivity index (χ4n) is 3.76. The molecule has 1 aliphatic rings. The minimum Gasteiger partial charge on any atom is -0.370 e. The Morgan fingerprint density at radius 3 is 2.67 bits per heavy atom. The number of rotatable bonds is 8. The summed E-state index contributed by atoms with van der Waals surface area (Å²) in [6, 6.07) is 8.15. The lowest BCUT2D eigenvalue weighted by Gasteiger charge is -2.24. The van der Waals surface area contributed by atoms with Crippen LogP contribution >= 0.6 is 0 Å². The predicted octanol–water partition coefficient (Wildman–Crippen LogP) is 2.38. The van der Waals surface area contributed by atoms with E-state index < -0.39 is 0 Å². The van der Waals surface area contributed by atoms with Crippen LogP contribution < -0.4 is 10.2 Å². The summed E-state index contributed by atoms with van der Waals surface area (Å²) in [6.45, 7) is 8.15. The second-order valence-electron chi connectivity index (χ2n) is 7.37. The molecule has 146 valence electrons. The highest BCUT2D eigenvalue weighted by molar-refractivity contribution is 6.02. The van der Waals surface area contributed by atoms with Gasteiger partial charge in [0, 0.05) is 11.1 Å². The van der Waals surface area contributed by atoms with Crippen LogP contribution in [0.3, 0.4) is 0 Å². The number of quaternary nitrogens is 1. The first-order valence-electron chi connectivity index (χ1n) is 10.3. The highest BCUT2D eigenvalue weighted by Gasteiger charge is 2.21. The molecule has 1 aliphatic heterocycles. The lowest BCUT2D eigenvalue weighted by Crippen LogP contribution is -3.15. The van der Waals surface area contributed by atoms with E-state index in [2.05, 4.69) is 25.2 Å². The Kier molecular flexibility index (Phi) is 7.18. The van der Waals surface area contributed by atoms with Crippen molar-refractivity contribution in [3.05, 3.63) is 35.5 Å². The molecule has 5 heteroatoms. The molecule has 0 saturated carbocycles. The number of benzene rings is 1. The summed E-state index contributed by atoms with van der Waals surface area (Å²) in [4.78, 5) is 19.0. The number of para-hydroxylation sites is 1. The van der Waals surface area contributed by atoms with Crippen LogP contribution in [-0.4, -0.2) is 43.7 Å². The normalized spacial score (nSPS) is 15.2. The average Bonchev–Trinajstić information content (AvgIpc) is 2.69. The zero-order valence-corrected chi connectivity index (χ0v) is 16.6. The summed E-state index contributed by atoms with van der Waals surface area (Å²) in [7, 11) is 0. The van der Waals surface area contributed by atoms with E-state index >= 15 is 0 Å². The summed E-state index contributed by atoms with van der Waals surface area (Å²) < 4.78 is 5.40. The third-order valence-electron chi connectivity index (χ3n) is 5.22. The van der Waals surface area contributed by atoms with E-state index in [0.717, 1.165) is 80.7 Å². The molecule has 27 heavy (non-hydrogen) atoms.